The Hall–Kier alpha value is -2.33. The number of primary amides is 1. The smallest absolute Gasteiger partial charge is 0.248 e. The number of benzene rings is 2. The molecule has 2 aromatic rings. The summed E-state index contributed by atoms with van der Waals surface area (Å²) < 4.78 is 5.82. The lowest BCUT2D eigenvalue weighted by atomic mass is 9.83. The van der Waals surface area contributed by atoms with Gasteiger partial charge in [-0.05, 0) is 37.2 Å². The van der Waals surface area contributed by atoms with E-state index in [0.29, 0.717) is 12.2 Å². The van der Waals surface area contributed by atoms with Crippen LogP contribution in [0.25, 0.3) is 0 Å². The second kappa shape index (κ2) is 6.20. The molecule has 1 amide bonds. The number of amides is 1. The Morgan fingerprint density at radius 2 is 2.05 bits per heavy atom. The maximum Gasteiger partial charge on any atom is 0.248 e. The summed E-state index contributed by atoms with van der Waals surface area (Å²) in [7, 11) is 1.94. The van der Waals surface area contributed by atoms with E-state index >= 15 is 0 Å². The first-order valence-electron chi connectivity index (χ1n) is 7.47. The van der Waals surface area contributed by atoms with Gasteiger partial charge in [0.1, 0.15) is 12.4 Å². The third-order valence-corrected chi connectivity index (χ3v) is 4.27. The number of nitrogens with one attached hydrogen (secondary N) is 1. The van der Waals surface area contributed by atoms with Crippen LogP contribution in [0, 0.1) is 0 Å². The van der Waals surface area contributed by atoms with Gasteiger partial charge in [-0.1, -0.05) is 30.3 Å². The first-order valence-corrected chi connectivity index (χ1v) is 7.47. The lowest BCUT2D eigenvalue weighted by molar-refractivity contribution is 0.1000. The fourth-order valence-corrected chi connectivity index (χ4v) is 3.04. The lowest BCUT2D eigenvalue weighted by Gasteiger charge is -2.34. The molecule has 0 bridgehead atoms. The zero-order valence-corrected chi connectivity index (χ0v) is 12.6. The van der Waals surface area contributed by atoms with Crippen LogP contribution in [0.4, 0.5) is 0 Å². The van der Waals surface area contributed by atoms with Gasteiger partial charge in [-0.2, -0.15) is 0 Å². The number of likely N-dealkylation sites (N-methyl/N-ethyl adjacent to an activating group) is 1. The van der Waals surface area contributed by atoms with E-state index in [1.807, 2.05) is 37.4 Å². The Kier molecular flexibility index (Phi) is 4.11. The van der Waals surface area contributed by atoms with Crippen LogP contribution in [0.3, 0.4) is 0 Å². The van der Waals surface area contributed by atoms with E-state index in [2.05, 4.69) is 17.4 Å². The van der Waals surface area contributed by atoms with Crippen LogP contribution in [0.5, 0.6) is 5.75 Å². The van der Waals surface area contributed by atoms with Crippen LogP contribution in [-0.4, -0.2) is 25.6 Å². The van der Waals surface area contributed by atoms with Gasteiger partial charge < -0.3 is 15.8 Å². The number of hydrogen-bond donors (Lipinski definition) is 2. The molecule has 2 aromatic carbocycles. The van der Waals surface area contributed by atoms with Crippen molar-refractivity contribution in [1.29, 1.82) is 0 Å². The molecule has 0 aliphatic carbocycles. The average Bonchev–Trinajstić information content (AvgIpc) is 2.55. The van der Waals surface area contributed by atoms with Crippen LogP contribution >= 0.6 is 0 Å². The zero-order valence-electron chi connectivity index (χ0n) is 12.6. The van der Waals surface area contributed by atoms with E-state index in [1.165, 1.54) is 5.56 Å². The van der Waals surface area contributed by atoms with E-state index < -0.39 is 5.91 Å². The van der Waals surface area contributed by atoms with Crippen molar-refractivity contribution in [2.24, 2.45) is 5.73 Å². The number of carbonyl (C=O) groups is 1. The van der Waals surface area contributed by atoms with E-state index in [4.69, 9.17) is 10.5 Å². The Labute approximate surface area is 130 Å². The average molecular weight is 296 g/mol. The molecule has 3 N–H and O–H groups in total. The maximum atomic E-state index is 11.5. The van der Waals surface area contributed by atoms with E-state index in [-0.39, 0.29) is 12.0 Å². The van der Waals surface area contributed by atoms with Gasteiger partial charge in [0.25, 0.3) is 0 Å². The standard InChI is InChI=1S/C18H20N2O2/c1-20-16-11-22-17-8-7-13(18(19)21)10-15(17)14(16)9-12-5-3-2-4-6-12/h2-8,10,14,16,20H,9,11H2,1H3,(H2,19,21). The van der Waals surface area contributed by atoms with Crippen molar-refractivity contribution >= 4 is 5.91 Å². The van der Waals surface area contributed by atoms with Crippen LogP contribution < -0.4 is 15.8 Å². The normalized spacial score (nSPS) is 20.0. The maximum absolute atomic E-state index is 11.5. The van der Waals surface area contributed by atoms with Gasteiger partial charge in [-0.3, -0.25) is 4.79 Å². The summed E-state index contributed by atoms with van der Waals surface area (Å²) in [5.74, 6) is 0.681. The van der Waals surface area contributed by atoms with Gasteiger partial charge in [0, 0.05) is 23.1 Å². The monoisotopic (exact) mass is 296 g/mol. The van der Waals surface area contributed by atoms with Gasteiger partial charge in [0.15, 0.2) is 0 Å². The summed E-state index contributed by atoms with van der Waals surface area (Å²) >= 11 is 0. The minimum atomic E-state index is -0.409. The van der Waals surface area contributed by atoms with Gasteiger partial charge in [0.05, 0.1) is 0 Å². The molecule has 1 aliphatic heterocycles. The fourth-order valence-electron chi connectivity index (χ4n) is 3.04. The van der Waals surface area contributed by atoms with Crippen molar-refractivity contribution in [3.05, 3.63) is 65.2 Å². The molecule has 4 nitrogen and oxygen atoms in total. The molecule has 3 rings (SSSR count). The SMILES string of the molecule is CNC1COc2ccc(C(N)=O)cc2C1Cc1ccccc1. The zero-order chi connectivity index (χ0) is 15.5. The number of ether oxygens (including phenoxy) is 1. The number of rotatable bonds is 4. The Bertz CT molecular complexity index is 670. The highest BCUT2D eigenvalue weighted by atomic mass is 16.5. The van der Waals surface area contributed by atoms with E-state index in [9.17, 15) is 4.79 Å². The molecule has 1 heterocycles. The molecule has 2 atom stereocenters. The Morgan fingerprint density at radius 3 is 2.73 bits per heavy atom. The molecule has 2 unspecified atom stereocenters. The summed E-state index contributed by atoms with van der Waals surface area (Å²) in [4.78, 5) is 11.5. The van der Waals surface area contributed by atoms with Crippen molar-refractivity contribution in [2.75, 3.05) is 13.7 Å². The molecule has 0 saturated heterocycles. The third kappa shape index (κ3) is 2.83. The van der Waals surface area contributed by atoms with Crippen molar-refractivity contribution in [3.63, 3.8) is 0 Å². The van der Waals surface area contributed by atoms with E-state index in [0.717, 1.165) is 17.7 Å². The van der Waals surface area contributed by atoms with E-state index in [1.54, 1.807) is 6.07 Å². The number of carbonyl (C=O) groups excluding carboxylic acids is 1. The van der Waals surface area contributed by atoms with Gasteiger partial charge >= 0.3 is 0 Å². The number of fused-ring (bicyclic) bond motifs is 1. The largest absolute Gasteiger partial charge is 0.492 e. The second-order valence-electron chi connectivity index (χ2n) is 5.62. The van der Waals surface area contributed by atoms with Crippen LogP contribution in [0.15, 0.2) is 48.5 Å². The summed E-state index contributed by atoms with van der Waals surface area (Å²) in [6.45, 7) is 0.622. The molecule has 4 heteroatoms. The number of hydrogen-bond acceptors (Lipinski definition) is 3. The minimum Gasteiger partial charge on any atom is -0.492 e. The first-order chi connectivity index (χ1) is 10.7. The highest BCUT2D eigenvalue weighted by molar-refractivity contribution is 5.93. The summed E-state index contributed by atoms with van der Waals surface area (Å²) in [6.07, 6.45) is 0.894. The summed E-state index contributed by atoms with van der Waals surface area (Å²) in [5.41, 5.74) is 8.26. The van der Waals surface area contributed by atoms with Gasteiger partial charge in [-0.25, -0.2) is 0 Å². The van der Waals surface area contributed by atoms with Crippen LogP contribution in [0.2, 0.25) is 0 Å². The number of nitrogens with two attached hydrogens (primary N) is 1. The fraction of sp³-hybridized carbons (Fsp3) is 0.278. The molecule has 0 radical (unpaired) electrons. The second-order valence-corrected chi connectivity index (χ2v) is 5.62. The first kappa shape index (κ1) is 14.6. The van der Waals surface area contributed by atoms with Crippen molar-refractivity contribution < 1.29 is 9.53 Å². The lowest BCUT2D eigenvalue weighted by Crippen LogP contribution is -2.41. The highest BCUT2D eigenvalue weighted by Crippen LogP contribution is 2.36. The summed E-state index contributed by atoms with van der Waals surface area (Å²) in [6, 6.07) is 16.0. The molecule has 0 saturated carbocycles. The predicted molar refractivity (Wildman–Crippen MR) is 86.2 cm³/mol. The topological polar surface area (TPSA) is 64.3 Å². The minimum absolute atomic E-state index is 0.204. The summed E-state index contributed by atoms with van der Waals surface area (Å²) in [5, 5.41) is 3.32. The molecule has 0 spiro atoms. The molecule has 0 fully saturated rings. The Morgan fingerprint density at radius 1 is 1.27 bits per heavy atom. The molecular formula is C18H20N2O2. The van der Waals surface area contributed by atoms with Gasteiger partial charge in [-0.15, -0.1) is 0 Å². The van der Waals surface area contributed by atoms with Crippen LogP contribution in [0.1, 0.15) is 27.4 Å². The third-order valence-electron chi connectivity index (χ3n) is 4.27. The van der Waals surface area contributed by atoms with Crippen LogP contribution in [-0.2, 0) is 6.42 Å². The molecule has 22 heavy (non-hydrogen) atoms. The molecule has 114 valence electrons. The molecule has 1 aliphatic rings. The Balaban J connectivity index is 1.99. The quantitative estimate of drug-likeness (QED) is 0.908. The van der Waals surface area contributed by atoms with Gasteiger partial charge in [0.2, 0.25) is 5.91 Å². The highest BCUT2D eigenvalue weighted by Gasteiger charge is 2.30. The van der Waals surface area contributed by atoms with Crippen molar-refractivity contribution in [2.45, 2.75) is 18.4 Å². The predicted octanol–water partition coefficient (Wildman–Crippen LogP) is 2.09. The molecular weight excluding hydrogens is 276 g/mol. The molecule has 0 aromatic heterocycles. The van der Waals surface area contributed by atoms with Crippen molar-refractivity contribution in [1.82, 2.24) is 5.32 Å². The van der Waals surface area contributed by atoms with Crippen molar-refractivity contribution in [3.8, 4) is 5.75 Å².